The molecule has 29 heavy (non-hydrogen) atoms. The maximum absolute atomic E-state index is 12.3. The zero-order valence-corrected chi connectivity index (χ0v) is 17.6. The minimum Gasteiger partial charge on any atom is -0.462 e. The van der Waals surface area contributed by atoms with E-state index >= 15 is 0 Å². The van der Waals surface area contributed by atoms with Crippen LogP contribution in [0.4, 0.5) is 5.69 Å². The zero-order chi connectivity index (χ0) is 20.8. The molecule has 0 aliphatic rings. The number of halogens is 2. The van der Waals surface area contributed by atoms with Crippen LogP contribution in [0.1, 0.15) is 17.3 Å². The van der Waals surface area contributed by atoms with Gasteiger partial charge in [-0.05, 0) is 37.3 Å². The number of carbonyl (C=O) groups is 2. The molecule has 0 atom stereocenters. The Morgan fingerprint density at radius 3 is 2.76 bits per heavy atom. The molecule has 150 valence electrons. The Morgan fingerprint density at radius 2 is 2.00 bits per heavy atom. The molecule has 0 aliphatic heterocycles. The second kappa shape index (κ2) is 9.78. The molecule has 7 nitrogen and oxygen atoms in total. The highest BCUT2D eigenvalue weighted by Crippen LogP contribution is 2.29. The molecule has 2 N–H and O–H groups in total. The average molecular weight is 451 g/mol. The molecular weight excluding hydrogens is 435 g/mol. The summed E-state index contributed by atoms with van der Waals surface area (Å²) in [5.74, 6) is -0.262. The Bertz CT molecular complexity index is 1040. The summed E-state index contributed by atoms with van der Waals surface area (Å²) < 4.78 is 5.00. The van der Waals surface area contributed by atoms with Crippen LogP contribution in [0.2, 0.25) is 10.0 Å². The minimum atomic E-state index is -0.491. The topological polar surface area (TPSA) is 97.0 Å². The number of esters is 1. The van der Waals surface area contributed by atoms with E-state index < -0.39 is 5.97 Å². The number of rotatable bonds is 7. The molecular formula is C19H16Cl2N4O3S. The fourth-order valence-corrected chi connectivity index (χ4v) is 3.50. The van der Waals surface area contributed by atoms with E-state index in [1.54, 1.807) is 49.4 Å². The highest BCUT2D eigenvalue weighted by molar-refractivity contribution is 7.99. The molecule has 0 unspecified atom stereocenters. The minimum absolute atomic E-state index is 0.0583. The van der Waals surface area contributed by atoms with E-state index in [9.17, 15) is 9.59 Å². The lowest BCUT2D eigenvalue weighted by atomic mass is 10.2. The van der Waals surface area contributed by atoms with Crippen molar-refractivity contribution in [2.45, 2.75) is 12.1 Å². The molecule has 2 aromatic carbocycles. The highest BCUT2D eigenvalue weighted by atomic mass is 35.5. The molecule has 0 spiro atoms. The summed E-state index contributed by atoms with van der Waals surface area (Å²) in [6.07, 6.45) is 0. The van der Waals surface area contributed by atoms with Gasteiger partial charge in [0.15, 0.2) is 5.82 Å². The molecule has 1 aromatic heterocycles. The first-order chi connectivity index (χ1) is 14.0. The average Bonchev–Trinajstić information content (AvgIpc) is 3.15. The molecule has 1 amide bonds. The van der Waals surface area contributed by atoms with Crippen LogP contribution in [0.3, 0.4) is 0 Å². The summed E-state index contributed by atoms with van der Waals surface area (Å²) in [4.78, 5) is 28.6. The lowest BCUT2D eigenvalue weighted by Crippen LogP contribution is -2.17. The third-order valence-corrected chi connectivity index (χ3v) is 5.08. The number of hydrogen-bond acceptors (Lipinski definition) is 6. The summed E-state index contributed by atoms with van der Waals surface area (Å²) in [5, 5.41) is 10.9. The van der Waals surface area contributed by atoms with Gasteiger partial charge in [0.05, 0.1) is 28.6 Å². The molecule has 0 saturated heterocycles. The summed E-state index contributed by atoms with van der Waals surface area (Å²) in [6, 6.07) is 11.7. The fourth-order valence-electron chi connectivity index (χ4n) is 2.41. The Morgan fingerprint density at radius 1 is 1.21 bits per heavy atom. The van der Waals surface area contributed by atoms with E-state index in [2.05, 4.69) is 20.5 Å². The summed E-state index contributed by atoms with van der Waals surface area (Å²) in [7, 11) is 0. The first-order valence-electron chi connectivity index (χ1n) is 8.54. The van der Waals surface area contributed by atoms with Crippen LogP contribution < -0.4 is 5.32 Å². The number of benzene rings is 2. The van der Waals surface area contributed by atoms with Gasteiger partial charge in [-0.15, -0.1) is 5.10 Å². The van der Waals surface area contributed by atoms with Gasteiger partial charge < -0.3 is 10.1 Å². The molecule has 1 heterocycles. The molecule has 0 saturated carbocycles. The number of H-pyrrole nitrogens is 1. The number of carbonyl (C=O) groups excluding carboxylic acids is 2. The van der Waals surface area contributed by atoms with Crippen molar-refractivity contribution in [3.63, 3.8) is 0 Å². The summed E-state index contributed by atoms with van der Waals surface area (Å²) in [5.41, 5.74) is 1.34. The second-order valence-electron chi connectivity index (χ2n) is 5.69. The van der Waals surface area contributed by atoms with Crippen molar-refractivity contribution >= 4 is 52.5 Å². The predicted molar refractivity (Wildman–Crippen MR) is 114 cm³/mol. The largest absolute Gasteiger partial charge is 0.462 e. The van der Waals surface area contributed by atoms with Crippen molar-refractivity contribution in [2.75, 3.05) is 17.7 Å². The van der Waals surface area contributed by atoms with E-state index in [0.29, 0.717) is 37.8 Å². The third kappa shape index (κ3) is 5.50. The van der Waals surface area contributed by atoms with Gasteiger partial charge in [0, 0.05) is 10.6 Å². The fraction of sp³-hybridized carbons (Fsp3) is 0.158. The number of ether oxygens (including phenoxy) is 1. The summed E-state index contributed by atoms with van der Waals surface area (Å²) >= 11 is 13.2. The molecule has 0 aliphatic carbocycles. The maximum Gasteiger partial charge on any atom is 0.340 e. The van der Waals surface area contributed by atoms with E-state index in [-0.39, 0.29) is 18.3 Å². The third-order valence-electron chi connectivity index (χ3n) is 3.68. The molecule has 0 bridgehead atoms. The molecule has 10 heteroatoms. The van der Waals surface area contributed by atoms with E-state index in [0.717, 1.165) is 11.8 Å². The number of para-hydroxylation sites is 1. The number of thioether (sulfide) groups is 1. The van der Waals surface area contributed by atoms with Gasteiger partial charge in [0.25, 0.3) is 0 Å². The van der Waals surface area contributed by atoms with Gasteiger partial charge in [0.2, 0.25) is 11.1 Å². The normalized spacial score (nSPS) is 10.6. The van der Waals surface area contributed by atoms with Gasteiger partial charge in [-0.25, -0.2) is 9.78 Å². The second-order valence-corrected chi connectivity index (χ2v) is 7.48. The molecule has 0 fully saturated rings. The van der Waals surface area contributed by atoms with Gasteiger partial charge in [-0.1, -0.05) is 47.1 Å². The number of anilines is 1. The SMILES string of the molecule is CCOC(=O)c1ccccc1NC(=O)CSc1n[nH]c(-c2ccc(Cl)cc2Cl)n1. The zero-order valence-electron chi connectivity index (χ0n) is 15.2. The Hall–Kier alpha value is -2.55. The van der Waals surface area contributed by atoms with Gasteiger partial charge in [-0.2, -0.15) is 0 Å². The number of amides is 1. The number of hydrogen-bond donors (Lipinski definition) is 2. The van der Waals surface area contributed by atoms with Crippen LogP contribution >= 0.6 is 35.0 Å². The van der Waals surface area contributed by atoms with Crippen LogP contribution in [0, 0.1) is 0 Å². The maximum atomic E-state index is 12.3. The van der Waals surface area contributed by atoms with Gasteiger partial charge in [0.1, 0.15) is 0 Å². The summed E-state index contributed by atoms with van der Waals surface area (Å²) in [6.45, 7) is 1.97. The predicted octanol–water partition coefficient (Wildman–Crippen LogP) is 4.69. The number of nitrogens with zero attached hydrogens (tertiary/aromatic N) is 2. The first kappa shape index (κ1) is 21.2. The monoisotopic (exact) mass is 450 g/mol. The van der Waals surface area contributed by atoms with Crippen molar-refractivity contribution in [3.05, 3.63) is 58.1 Å². The van der Waals surface area contributed by atoms with E-state index in [1.807, 2.05) is 0 Å². The number of aromatic nitrogens is 3. The Labute approximate surface area is 181 Å². The standard InChI is InChI=1S/C19H16Cl2N4O3S/c1-2-28-18(27)13-5-3-4-6-15(13)22-16(26)10-29-19-23-17(24-25-19)12-8-7-11(20)9-14(12)21/h3-9H,2,10H2,1H3,(H,22,26)(H,23,24,25). The van der Waals surface area contributed by atoms with Crippen molar-refractivity contribution in [2.24, 2.45) is 0 Å². The van der Waals surface area contributed by atoms with Crippen LogP contribution in [0.15, 0.2) is 47.6 Å². The van der Waals surface area contributed by atoms with Crippen LogP contribution in [-0.4, -0.2) is 39.4 Å². The Balaban J connectivity index is 1.62. The van der Waals surface area contributed by atoms with E-state index in [4.69, 9.17) is 27.9 Å². The molecule has 0 radical (unpaired) electrons. The quantitative estimate of drug-likeness (QED) is 0.400. The molecule has 3 aromatic rings. The van der Waals surface area contributed by atoms with Crippen molar-refractivity contribution in [1.29, 1.82) is 0 Å². The highest BCUT2D eigenvalue weighted by Gasteiger charge is 2.15. The van der Waals surface area contributed by atoms with Crippen LogP contribution in [-0.2, 0) is 9.53 Å². The van der Waals surface area contributed by atoms with Crippen molar-refractivity contribution in [3.8, 4) is 11.4 Å². The lowest BCUT2D eigenvalue weighted by Gasteiger charge is -2.09. The van der Waals surface area contributed by atoms with Crippen molar-refractivity contribution < 1.29 is 14.3 Å². The van der Waals surface area contributed by atoms with Gasteiger partial charge >= 0.3 is 5.97 Å². The van der Waals surface area contributed by atoms with Crippen LogP contribution in [0.25, 0.3) is 11.4 Å². The van der Waals surface area contributed by atoms with Crippen molar-refractivity contribution in [1.82, 2.24) is 15.2 Å². The smallest absolute Gasteiger partial charge is 0.340 e. The number of nitrogens with one attached hydrogen (secondary N) is 2. The van der Waals surface area contributed by atoms with E-state index in [1.165, 1.54) is 0 Å². The lowest BCUT2D eigenvalue weighted by molar-refractivity contribution is -0.113. The number of aromatic amines is 1. The van der Waals surface area contributed by atoms with Crippen LogP contribution in [0.5, 0.6) is 0 Å². The Kier molecular flexibility index (Phi) is 7.13. The molecule has 3 rings (SSSR count). The first-order valence-corrected chi connectivity index (χ1v) is 10.3. The van der Waals surface area contributed by atoms with Gasteiger partial charge in [-0.3, -0.25) is 9.89 Å².